The quantitative estimate of drug-likeness (QED) is 0.813. The van der Waals surface area contributed by atoms with Crippen molar-refractivity contribution < 1.29 is 14.7 Å². The topological polar surface area (TPSA) is 60.9 Å². The van der Waals surface area contributed by atoms with Crippen LogP contribution in [0.2, 0.25) is 0 Å². The number of carboxylic acids is 1. The number of rotatable bonds is 2. The van der Waals surface area contributed by atoms with Crippen LogP contribution in [-0.2, 0) is 11.3 Å². The third-order valence-corrected chi connectivity index (χ3v) is 2.60. The van der Waals surface area contributed by atoms with Crippen molar-refractivity contribution in [1.82, 2.24) is 4.90 Å². The van der Waals surface area contributed by atoms with Crippen LogP contribution in [0.25, 0.3) is 0 Å². The van der Waals surface area contributed by atoms with Gasteiger partial charge in [-0.25, -0.2) is 4.79 Å². The number of benzene rings is 1. The third-order valence-electron chi connectivity index (χ3n) is 2.60. The van der Waals surface area contributed by atoms with Crippen LogP contribution in [-0.4, -0.2) is 35.6 Å². The van der Waals surface area contributed by atoms with E-state index in [1.807, 2.05) is 24.3 Å². The van der Waals surface area contributed by atoms with E-state index in [9.17, 15) is 9.59 Å². The van der Waals surface area contributed by atoms with Gasteiger partial charge >= 0.3 is 12.0 Å². The summed E-state index contributed by atoms with van der Waals surface area (Å²) in [5, 5.41) is 8.71. The van der Waals surface area contributed by atoms with Crippen molar-refractivity contribution in [2.75, 3.05) is 18.5 Å². The zero-order chi connectivity index (χ0) is 11.7. The van der Waals surface area contributed by atoms with Crippen LogP contribution in [0.3, 0.4) is 0 Å². The summed E-state index contributed by atoms with van der Waals surface area (Å²) in [6.45, 7) is 0.0865. The summed E-state index contributed by atoms with van der Waals surface area (Å²) < 4.78 is 0. The Morgan fingerprint density at radius 1 is 1.44 bits per heavy atom. The van der Waals surface area contributed by atoms with E-state index in [2.05, 4.69) is 0 Å². The number of hydrogen-bond donors (Lipinski definition) is 1. The van der Waals surface area contributed by atoms with Crippen LogP contribution < -0.4 is 4.90 Å². The summed E-state index contributed by atoms with van der Waals surface area (Å²) >= 11 is 0. The summed E-state index contributed by atoms with van der Waals surface area (Å²) in [7, 11) is 1.65. The van der Waals surface area contributed by atoms with Gasteiger partial charge in [-0.15, -0.1) is 0 Å². The van der Waals surface area contributed by atoms with Crippen molar-refractivity contribution in [3.05, 3.63) is 29.8 Å². The van der Waals surface area contributed by atoms with Crippen molar-refractivity contribution in [2.24, 2.45) is 0 Å². The highest BCUT2D eigenvalue weighted by molar-refractivity contribution is 5.95. The second-order valence-corrected chi connectivity index (χ2v) is 3.72. The molecule has 0 spiro atoms. The molecule has 5 nitrogen and oxygen atoms in total. The number of amides is 2. The number of aliphatic carboxylic acids is 1. The normalized spacial score (nSPS) is 14.9. The highest BCUT2D eigenvalue weighted by Crippen LogP contribution is 2.26. The molecule has 2 amide bonds. The molecular formula is C11H12N2O3. The molecule has 84 valence electrons. The van der Waals surface area contributed by atoms with Crippen LogP contribution >= 0.6 is 0 Å². The number of fused-ring (bicyclic) bond motifs is 1. The number of anilines is 1. The molecule has 0 fully saturated rings. The molecule has 2 rings (SSSR count). The van der Waals surface area contributed by atoms with Crippen molar-refractivity contribution >= 4 is 17.7 Å². The Kier molecular flexibility index (Phi) is 2.52. The third kappa shape index (κ3) is 1.71. The van der Waals surface area contributed by atoms with Crippen LogP contribution in [0.4, 0.5) is 10.5 Å². The van der Waals surface area contributed by atoms with E-state index in [-0.39, 0.29) is 12.6 Å². The summed E-state index contributed by atoms with van der Waals surface area (Å²) in [4.78, 5) is 25.2. The first kappa shape index (κ1) is 10.5. The van der Waals surface area contributed by atoms with Gasteiger partial charge in [0.05, 0.1) is 12.2 Å². The molecule has 1 aliphatic rings. The van der Waals surface area contributed by atoms with Gasteiger partial charge in [0, 0.05) is 7.05 Å². The molecule has 16 heavy (non-hydrogen) atoms. The van der Waals surface area contributed by atoms with Gasteiger partial charge in [-0.3, -0.25) is 9.69 Å². The molecule has 1 heterocycles. The monoisotopic (exact) mass is 220 g/mol. The predicted molar refractivity (Wildman–Crippen MR) is 58.3 cm³/mol. The first-order valence-corrected chi connectivity index (χ1v) is 4.92. The molecule has 0 saturated heterocycles. The Morgan fingerprint density at radius 3 is 2.81 bits per heavy atom. The van der Waals surface area contributed by atoms with Gasteiger partial charge in [0.1, 0.15) is 6.54 Å². The van der Waals surface area contributed by atoms with Gasteiger partial charge < -0.3 is 10.0 Å². The lowest BCUT2D eigenvalue weighted by molar-refractivity contribution is -0.137. The number of nitrogens with zero attached hydrogens (tertiary/aromatic N) is 2. The average molecular weight is 220 g/mol. The Bertz CT molecular complexity index is 445. The first-order valence-electron chi connectivity index (χ1n) is 4.92. The predicted octanol–water partition coefficient (Wildman–Crippen LogP) is 1.14. The lowest BCUT2D eigenvalue weighted by atomic mass is 10.1. The number of urea groups is 1. The van der Waals surface area contributed by atoms with Crippen molar-refractivity contribution in [3.63, 3.8) is 0 Å². The number of carboxylic acid groups (broad SMARTS) is 1. The van der Waals surface area contributed by atoms with Gasteiger partial charge in [-0.05, 0) is 11.6 Å². The highest BCUT2D eigenvalue weighted by atomic mass is 16.4. The molecule has 0 aromatic heterocycles. The maximum absolute atomic E-state index is 11.8. The number of para-hydroxylation sites is 1. The van der Waals surface area contributed by atoms with Crippen LogP contribution in [0.5, 0.6) is 0 Å². The Hall–Kier alpha value is -2.04. The van der Waals surface area contributed by atoms with E-state index in [4.69, 9.17) is 5.11 Å². The van der Waals surface area contributed by atoms with E-state index in [0.29, 0.717) is 6.54 Å². The molecular weight excluding hydrogens is 208 g/mol. The zero-order valence-electron chi connectivity index (χ0n) is 8.88. The molecule has 1 aromatic rings. The largest absolute Gasteiger partial charge is 0.480 e. The fourth-order valence-electron chi connectivity index (χ4n) is 1.85. The van der Waals surface area contributed by atoms with Crippen molar-refractivity contribution in [1.29, 1.82) is 0 Å². The van der Waals surface area contributed by atoms with E-state index in [0.717, 1.165) is 11.3 Å². The molecule has 0 atom stereocenters. The van der Waals surface area contributed by atoms with Crippen LogP contribution in [0.1, 0.15) is 5.56 Å². The average Bonchev–Trinajstić information content (AvgIpc) is 2.25. The second kappa shape index (κ2) is 3.84. The lowest BCUT2D eigenvalue weighted by Crippen LogP contribution is -2.47. The van der Waals surface area contributed by atoms with Gasteiger partial charge in [0.25, 0.3) is 0 Å². The fourth-order valence-corrected chi connectivity index (χ4v) is 1.85. The van der Waals surface area contributed by atoms with E-state index in [1.54, 1.807) is 7.05 Å². The second-order valence-electron chi connectivity index (χ2n) is 3.72. The number of carbonyl (C=O) groups is 2. The van der Waals surface area contributed by atoms with E-state index >= 15 is 0 Å². The summed E-state index contributed by atoms with van der Waals surface area (Å²) in [6.07, 6.45) is 0. The van der Waals surface area contributed by atoms with Gasteiger partial charge in [-0.1, -0.05) is 18.2 Å². The molecule has 1 aromatic carbocycles. The summed E-state index contributed by atoms with van der Waals surface area (Å²) in [5.41, 5.74) is 1.81. The molecule has 0 aliphatic carbocycles. The highest BCUT2D eigenvalue weighted by Gasteiger charge is 2.28. The van der Waals surface area contributed by atoms with Crippen molar-refractivity contribution in [2.45, 2.75) is 6.54 Å². The summed E-state index contributed by atoms with van der Waals surface area (Å²) in [6, 6.07) is 7.20. The van der Waals surface area contributed by atoms with Gasteiger partial charge in [0.2, 0.25) is 0 Å². The smallest absolute Gasteiger partial charge is 0.325 e. The molecule has 0 saturated carbocycles. The number of carbonyl (C=O) groups excluding carboxylic acids is 1. The minimum Gasteiger partial charge on any atom is -0.480 e. The summed E-state index contributed by atoms with van der Waals surface area (Å²) in [5.74, 6) is -0.999. The minimum absolute atomic E-state index is 0.266. The minimum atomic E-state index is -0.999. The molecule has 1 N–H and O–H groups in total. The first-order chi connectivity index (χ1) is 7.59. The standard InChI is InChI=1S/C11H12N2O3/c1-12-9-5-3-2-4-8(9)6-13(11(12)16)7-10(14)15/h2-5H,6-7H2,1H3,(H,14,15). The van der Waals surface area contributed by atoms with Gasteiger partial charge in [0.15, 0.2) is 0 Å². The Labute approximate surface area is 92.9 Å². The molecule has 0 bridgehead atoms. The lowest BCUT2D eigenvalue weighted by Gasteiger charge is -2.33. The molecule has 1 aliphatic heterocycles. The van der Waals surface area contributed by atoms with Crippen molar-refractivity contribution in [3.8, 4) is 0 Å². The van der Waals surface area contributed by atoms with Crippen LogP contribution in [0, 0.1) is 0 Å². The molecule has 0 unspecified atom stereocenters. The zero-order valence-corrected chi connectivity index (χ0v) is 8.88. The van der Waals surface area contributed by atoms with Crippen LogP contribution in [0.15, 0.2) is 24.3 Å². The van der Waals surface area contributed by atoms with Gasteiger partial charge in [-0.2, -0.15) is 0 Å². The van der Waals surface area contributed by atoms with E-state index in [1.165, 1.54) is 9.80 Å². The van der Waals surface area contributed by atoms with E-state index < -0.39 is 5.97 Å². The maximum Gasteiger partial charge on any atom is 0.325 e. The SMILES string of the molecule is CN1C(=O)N(CC(=O)O)Cc2ccccc21. The Morgan fingerprint density at radius 2 is 2.12 bits per heavy atom. The fraction of sp³-hybridized carbons (Fsp3) is 0.273. The Balaban J connectivity index is 2.32. The maximum atomic E-state index is 11.8. The number of hydrogen-bond acceptors (Lipinski definition) is 2. The molecule has 5 heteroatoms. The molecule has 0 radical (unpaired) electrons.